The summed E-state index contributed by atoms with van der Waals surface area (Å²) in [5.74, 6) is 1.09. The molecule has 0 bridgehead atoms. The summed E-state index contributed by atoms with van der Waals surface area (Å²) in [6.07, 6.45) is 3.46. The fourth-order valence-electron chi connectivity index (χ4n) is 2.81. The van der Waals surface area contributed by atoms with Crippen LogP contribution in [0.3, 0.4) is 0 Å². The van der Waals surface area contributed by atoms with Crippen molar-refractivity contribution in [3.63, 3.8) is 0 Å². The van der Waals surface area contributed by atoms with Crippen LogP contribution in [-0.2, 0) is 0 Å². The van der Waals surface area contributed by atoms with Gasteiger partial charge in [-0.15, -0.1) is 0 Å². The maximum absolute atomic E-state index is 11.0. The van der Waals surface area contributed by atoms with Gasteiger partial charge in [0.15, 0.2) is 11.1 Å². The summed E-state index contributed by atoms with van der Waals surface area (Å²) in [6.45, 7) is 2.16. The van der Waals surface area contributed by atoms with Crippen LogP contribution in [0.4, 0.5) is 11.7 Å². The number of nitrogens with one attached hydrogen (secondary N) is 1. The molecule has 0 saturated heterocycles. The van der Waals surface area contributed by atoms with Crippen molar-refractivity contribution in [3.8, 4) is 0 Å². The van der Waals surface area contributed by atoms with E-state index in [2.05, 4.69) is 17.2 Å². The van der Waals surface area contributed by atoms with Gasteiger partial charge in [-0.2, -0.15) is 16.7 Å². The highest BCUT2D eigenvalue weighted by molar-refractivity contribution is 7.99. The first-order chi connectivity index (χ1) is 10.2. The van der Waals surface area contributed by atoms with Gasteiger partial charge in [-0.05, 0) is 24.7 Å². The van der Waals surface area contributed by atoms with Gasteiger partial charge in [-0.3, -0.25) is 10.1 Å². The normalized spacial score (nSPS) is 21.8. The molecule has 112 valence electrons. The Morgan fingerprint density at radius 2 is 2.38 bits per heavy atom. The number of anilines is 1. The molecule has 1 saturated carbocycles. The standard InChI is InChI=1S/C14H17N3O3S/c1-2-21-12-8-3-5-9(12)15-14-16-13-10(17(18)19)6-4-7-11(13)20-14/h4,6-7,9,12H,2-3,5,8H2,1H3,(H,15,16). The molecule has 2 atom stereocenters. The van der Waals surface area contributed by atoms with E-state index in [0.717, 1.165) is 12.2 Å². The van der Waals surface area contributed by atoms with Crippen molar-refractivity contribution in [1.29, 1.82) is 0 Å². The first kappa shape index (κ1) is 14.2. The summed E-state index contributed by atoms with van der Waals surface area (Å²) < 4.78 is 5.61. The molecule has 21 heavy (non-hydrogen) atoms. The smallest absolute Gasteiger partial charge is 0.298 e. The molecule has 1 aromatic heterocycles. The molecule has 1 aliphatic carbocycles. The summed E-state index contributed by atoms with van der Waals surface area (Å²) in [4.78, 5) is 14.8. The molecule has 0 spiro atoms. The second kappa shape index (κ2) is 5.93. The van der Waals surface area contributed by atoms with Crippen LogP contribution in [0.15, 0.2) is 22.6 Å². The van der Waals surface area contributed by atoms with Gasteiger partial charge in [-0.25, -0.2) is 0 Å². The number of fused-ring (bicyclic) bond motifs is 1. The van der Waals surface area contributed by atoms with E-state index in [9.17, 15) is 10.1 Å². The predicted molar refractivity (Wildman–Crippen MR) is 83.8 cm³/mol. The minimum atomic E-state index is -0.431. The quantitative estimate of drug-likeness (QED) is 0.668. The molecule has 2 unspecified atom stereocenters. The van der Waals surface area contributed by atoms with Gasteiger partial charge in [0.2, 0.25) is 0 Å². The maximum Gasteiger partial charge on any atom is 0.298 e. The number of nitrogens with zero attached hydrogens (tertiary/aromatic N) is 2. The van der Waals surface area contributed by atoms with Gasteiger partial charge < -0.3 is 9.73 Å². The fourth-order valence-corrected chi connectivity index (χ4v) is 4.00. The van der Waals surface area contributed by atoms with E-state index in [-0.39, 0.29) is 5.69 Å². The summed E-state index contributed by atoms with van der Waals surface area (Å²) in [5.41, 5.74) is 0.738. The van der Waals surface area contributed by atoms with Crippen LogP contribution in [0.1, 0.15) is 26.2 Å². The summed E-state index contributed by atoms with van der Waals surface area (Å²) >= 11 is 1.94. The average Bonchev–Trinajstić information content (AvgIpc) is 3.05. The summed E-state index contributed by atoms with van der Waals surface area (Å²) in [6, 6.07) is 5.46. The van der Waals surface area contributed by atoms with E-state index >= 15 is 0 Å². The van der Waals surface area contributed by atoms with Crippen LogP contribution in [0.5, 0.6) is 0 Å². The van der Waals surface area contributed by atoms with Crippen molar-refractivity contribution in [2.75, 3.05) is 11.1 Å². The number of hydrogen-bond acceptors (Lipinski definition) is 6. The monoisotopic (exact) mass is 307 g/mol. The van der Waals surface area contributed by atoms with Gasteiger partial charge in [0.05, 0.1) is 4.92 Å². The molecule has 1 aliphatic rings. The Morgan fingerprint density at radius 3 is 3.14 bits per heavy atom. The van der Waals surface area contributed by atoms with Gasteiger partial charge in [0.1, 0.15) is 0 Å². The lowest BCUT2D eigenvalue weighted by Crippen LogP contribution is -2.26. The Labute approximate surface area is 126 Å². The Morgan fingerprint density at radius 1 is 1.52 bits per heavy atom. The average molecular weight is 307 g/mol. The van der Waals surface area contributed by atoms with Crippen LogP contribution in [0, 0.1) is 10.1 Å². The van der Waals surface area contributed by atoms with Crippen LogP contribution < -0.4 is 5.32 Å². The van der Waals surface area contributed by atoms with Crippen molar-refractivity contribution in [1.82, 2.24) is 4.98 Å². The number of hydrogen-bond donors (Lipinski definition) is 1. The third-order valence-electron chi connectivity index (χ3n) is 3.74. The molecular weight excluding hydrogens is 290 g/mol. The molecule has 2 aromatic rings. The molecule has 1 N–H and O–H groups in total. The van der Waals surface area contributed by atoms with Gasteiger partial charge in [0.25, 0.3) is 11.7 Å². The number of nitro benzene ring substituents is 1. The van der Waals surface area contributed by atoms with Crippen molar-refractivity contribution in [3.05, 3.63) is 28.3 Å². The third kappa shape index (κ3) is 2.83. The van der Waals surface area contributed by atoms with E-state index < -0.39 is 4.92 Å². The zero-order valence-electron chi connectivity index (χ0n) is 11.7. The molecule has 6 nitrogen and oxygen atoms in total. The molecular formula is C14H17N3O3S. The van der Waals surface area contributed by atoms with E-state index in [0.29, 0.717) is 28.4 Å². The highest BCUT2D eigenvalue weighted by atomic mass is 32.2. The van der Waals surface area contributed by atoms with Crippen LogP contribution >= 0.6 is 11.8 Å². The minimum Gasteiger partial charge on any atom is -0.423 e. The van der Waals surface area contributed by atoms with E-state index in [4.69, 9.17) is 4.42 Å². The molecule has 1 aromatic carbocycles. The highest BCUT2D eigenvalue weighted by Crippen LogP contribution is 2.33. The number of thioether (sulfide) groups is 1. The van der Waals surface area contributed by atoms with E-state index in [1.807, 2.05) is 11.8 Å². The molecule has 1 fully saturated rings. The Kier molecular flexibility index (Phi) is 4.01. The van der Waals surface area contributed by atoms with Gasteiger partial charge in [0, 0.05) is 17.4 Å². The number of nitro groups is 1. The van der Waals surface area contributed by atoms with Crippen molar-refractivity contribution >= 4 is 34.6 Å². The molecule has 1 heterocycles. The lowest BCUT2D eigenvalue weighted by molar-refractivity contribution is -0.383. The van der Waals surface area contributed by atoms with Gasteiger partial charge >= 0.3 is 0 Å². The number of non-ortho nitro benzene ring substituents is 1. The van der Waals surface area contributed by atoms with Crippen LogP contribution in [0.2, 0.25) is 0 Å². The lowest BCUT2D eigenvalue weighted by atomic mass is 10.2. The lowest BCUT2D eigenvalue weighted by Gasteiger charge is -2.18. The zero-order valence-corrected chi connectivity index (χ0v) is 12.6. The summed E-state index contributed by atoms with van der Waals surface area (Å²) in [7, 11) is 0. The number of aromatic nitrogens is 1. The number of oxazole rings is 1. The zero-order chi connectivity index (χ0) is 14.8. The Hall–Kier alpha value is -1.76. The van der Waals surface area contributed by atoms with Crippen LogP contribution in [-0.4, -0.2) is 27.0 Å². The largest absolute Gasteiger partial charge is 0.423 e. The van der Waals surface area contributed by atoms with Crippen molar-refractivity contribution in [2.24, 2.45) is 0 Å². The highest BCUT2D eigenvalue weighted by Gasteiger charge is 2.28. The summed E-state index contributed by atoms with van der Waals surface area (Å²) in [5, 5.41) is 14.9. The SMILES string of the molecule is CCSC1CCCC1Nc1nc2c([N+](=O)[O-])cccc2o1. The predicted octanol–water partition coefficient (Wildman–Crippen LogP) is 3.82. The Balaban J connectivity index is 1.85. The third-order valence-corrected chi connectivity index (χ3v) is 5.06. The number of benzene rings is 1. The Bertz CT molecular complexity index is 658. The molecule has 0 aliphatic heterocycles. The van der Waals surface area contributed by atoms with E-state index in [1.54, 1.807) is 12.1 Å². The fraction of sp³-hybridized carbons (Fsp3) is 0.500. The minimum absolute atomic E-state index is 0.0183. The molecule has 0 radical (unpaired) electrons. The topological polar surface area (TPSA) is 81.2 Å². The second-order valence-electron chi connectivity index (χ2n) is 5.08. The van der Waals surface area contributed by atoms with E-state index in [1.165, 1.54) is 18.9 Å². The number of para-hydroxylation sites is 1. The van der Waals surface area contributed by atoms with Crippen molar-refractivity contribution < 1.29 is 9.34 Å². The first-order valence-electron chi connectivity index (χ1n) is 7.11. The molecule has 0 amide bonds. The van der Waals surface area contributed by atoms with Crippen molar-refractivity contribution in [2.45, 2.75) is 37.5 Å². The maximum atomic E-state index is 11.0. The number of rotatable bonds is 5. The first-order valence-corrected chi connectivity index (χ1v) is 8.16. The van der Waals surface area contributed by atoms with Crippen LogP contribution in [0.25, 0.3) is 11.1 Å². The molecule has 7 heteroatoms. The molecule has 3 rings (SSSR count). The van der Waals surface area contributed by atoms with Gasteiger partial charge in [-0.1, -0.05) is 19.4 Å². The second-order valence-corrected chi connectivity index (χ2v) is 6.59.